The van der Waals surface area contributed by atoms with Gasteiger partial charge in [-0.05, 0) is 19.4 Å². The van der Waals surface area contributed by atoms with Crippen LogP contribution in [0.1, 0.15) is 58.8 Å². The van der Waals surface area contributed by atoms with E-state index in [0.717, 1.165) is 6.04 Å². The second-order valence-electron chi connectivity index (χ2n) is 5.07. The maximum atomic E-state index is 3.49. The number of nitrogens with one attached hydrogen (secondary N) is 1. The molecule has 1 aliphatic heterocycles. The molecule has 0 aromatic carbocycles. The highest BCUT2D eigenvalue weighted by Crippen LogP contribution is 2.10. The van der Waals surface area contributed by atoms with Crippen LogP contribution in [0.15, 0.2) is 0 Å². The number of rotatable bonds is 8. The summed E-state index contributed by atoms with van der Waals surface area (Å²) in [6, 6.07) is 0.796. The first kappa shape index (κ1) is 14.0. The minimum Gasteiger partial charge on any atom is -0.314 e. The van der Waals surface area contributed by atoms with Crippen molar-refractivity contribution < 1.29 is 0 Å². The van der Waals surface area contributed by atoms with E-state index in [1.165, 1.54) is 71.1 Å². The van der Waals surface area contributed by atoms with Crippen LogP contribution >= 0.6 is 0 Å². The summed E-state index contributed by atoms with van der Waals surface area (Å²) in [6.07, 6.45) is 9.79. The van der Waals surface area contributed by atoms with Crippen LogP contribution in [0.3, 0.4) is 0 Å². The Morgan fingerprint density at radius 1 is 1.06 bits per heavy atom. The molecule has 0 spiro atoms. The molecule has 2 nitrogen and oxygen atoms in total. The zero-order valence-corrected chi connectivity index (χ0v) is 11.3. The maximum absolute atomic E-state index is 3.49. The average Bonchev–Trinajstić information content (AvgIpc) is 2.34. The fraction of sp³-hybridized carbons (Fsp3) is 1.00. The molecule has 1 fully saturated rings. The molecule has 0 radical (unpaired) electrons. The van der Waals surface area contributed by atoms with Gasteiger partial charge in [0.1, 0.15) is 0 Å². The SMILES string of the molecule is CCCCCCCCN1CCNCC1CC. The highest BCUT2D eigenvalue weighted by atomic mass is 15.2. The lowest BCUT2D eigenvalue weighted by atomic mass is 10.1. The molecular formula is C14H30N2. The Labute approximate surface area is 102 Å². The predicted octanol–water partition coefficient (Wildman–Crippen LogP) is 3.03. The normalized spacial score (nSPS) is 22.5. The number of hydrogen-bond acceptors (Lipinski definition) is 2. The quantitative estimate of drug-likeness (QED) is 0.640. The van der Waals surface area contributed by atoms with Gasteiger partial charge in [0.2, 0.25) is 0 Å². The van der Waals surface area contributed by atoms with Crippen LogP contribution < -0.4 is 5.32 Å². The van der Waals surface area contributed by atoms with Crippen LogP contribution in [-0.2, 0) is 0 Å². The van der Waals surface area contributed by atoms with Gasteiger partial charge in [0.15, 0.2) is 0 Å². The van der Waals surface area contributed by atoms with Gasteiger partial charge in [-0.2, -0.15) is 0 Å². The van der Waals surface area contributed by atoms with Gasteiger partial charge < -0.3 is 5.32 Å². The molecule has 1 rings (SSSR count). The summed E-state index contributed by atoms with van der Waals surface area (Å²) in [4.78, 5) is 2.69. The van der Waals surface area contributed by atoms with Crippen molar-refractivity contribution in [2.45, 2.75) is 64.8 Å². The summed E-state index contributed by atoms with van der Waals surface area (Å²) in [7, 11) is 0. The standard InChI is InChI=1S/C14H30N2/c1-3-5-6-7-8-9-11-16-12-10-15-13-14(16)4-2/h14-15H,3-13H2,1-2H3. The van der Waals surface area contributed by atoms with Crippen molar-refractivity contribution in [3.05, 3.63) is 0 Å². The third-order valence-corrected chi connectivity index (χ3v) is 3.74. The van der Waals surface area contributed by atoms with Crippen molar-refractivity contribution in [3.63, 3.8) is 0 Å². The molecule has 1 heterocycles. The van der Waals surface area contributed by atoms with Crippen molar-refractivity contribution in [1.82, 2.24) is 10.2 Å². The molecule has 0 amide bonds. The van der Waals surface area contributed by atoms with E-state index in [0.29, 0.717) is 0 Å². The van der Waals surface area contributed by atoms with E-state index < -0.39 is 0 Å². The summed E-state index contributed by atoms with van der Waals surface area (Å²) in [6.45, 7) is 9.57. The van der Waals surface area contributed by atoms with Crippen molar-refractivity contribution >= 4 is 0 Å². The molecular weight excluding hydrogens is 196 g/mol. The monoisotopic (exact) mass is 226 g/mol. The van der Waals surface area contributed by atoms with E-state index in [2.05, 4.69) is 24.1 Å². The Bertz CT molecular complexity index is 159. The summed E-state index contributed by atoms with van der Waals surface area (Å²) in [5.41, 5.74) is 0. The molecule has 0 aliphatic carbocycles. The smallest absolute Gasteiger partial charge is 0.0218 e. The molecule has 1 N–H and O–H groups in total. The number of hydrogen-bond donors (Lipinski definition) is 1. The molecule has 0 aromatic heterocycles. The third-order valence-electron chi connectivity index (χ3n) is 3.74. The molecule has 2 heteroatoms. The van der Waals surface area contributed by atoms with Crippen LogP contribution in [0.25, 0.3) is 0 Å². The Morgan fingerprint density at radius 2 is 1.81 bits per heavy atom. The van der Waals surface area contributed by atoms with Crippen molar-refractivity contribution in [2.24, 2.45) is 0 Å². The van der Waals surface area contributed by atoms with Gasteiger partial charge in [0.25, 0.3) is 0 Å². The lowest BCUT2D eigenvalue weighted by Gasteiger charge is -2.35. The topological polar surface area (TPSA) is 15.3 Å². The second-order valence-corrected chi connectivity index (χ2v) is 5.07. The van der Waals surface area contributed by atoms with E-state index >= 15 is 0 Å². The van der Waals surface area contributed by atoms with E-state index in [-0.39, 0.29) is 0 Å². The molecule has 0 saturated carbocycles. The van der Waals surface area contributed by atoms with Gasteiger partial charge in [0, 0.05) is 25.7 Å². The largest absolute Gasteiger partial charge is 0.314 e. The second kappa shape index (κ2) is 9.00. The summed E-state index contributed by atoms with van der Waals surface area (Å²) in [5.74, 6) is 0. The van der Waals surface area contributed by atoms with Crippen LogP contribution in [0.2, 0.25) is 0 Å². The fourth-order valence-electron chi connectivity index (χ4n) is 2.60. The Morgan fingerprint density at radius 3 is 2.56 bits per heavy atom. The number of piperazine rings is 1. The lowest BCUT2D eigenvalue weighted by Crippen LogP contribution is -2.51. The Kier molecular flexibility index (Phi) is 7.87. The molecule has 1 atom stereocenters. The minimum atomic E-state index is 0.796. The average molecular weight is 226 g/mol. The number of nitrogens with zero attached hydrogens (tertiary/aromatic N) is 1. The molecule has 16 heavy (non-hydrogen) atoms. The summed E-state index contributed by atoms with van der Waals surface area (Å²) >= 11 is 0. The molecule has 1 saturated heterocycles. The fourth-order valence-corrected chi connectivity index (χ4v) is 2.60. The first-order valence-corrected chi connectivity index (χ1v) is 7.33. The summed E-state index contributed by atoms with van der Waals surface area (Å²) in [5, 5.41) is 3.49. The first-order valence-electron chi connectivity index (χ1n) is 7.33. The first-order chi connectivity index (χ1) is 7.88. The zero-order chi connectivity index (χ0) is 11.6. The van der Waals surface area contributed by atoms with Gasteiger partial charge in [-0.1, -0.05) is 46.0 Å². The summed E-state index contributed by atoms with van der Waals surface area (Å²) < 4.78 is 0. The van der Waals surface area contributed by atoms with E-state index in [4.69, 9.17) is 0 Å². The van der Waals surface area contributed by atoms with Gasteiger partial charge in [-0.15, -0.1) is 0 Å². The van der Waals surface area contributed by atoms with Gasteiger partial charge >= 0.3 is 0 Å². The highest BCUT2D eigenvalue weighted by Gasteiger charge is 2.19. The van der Waals surface area contributed by atoms with Gasteiger partial charge in [-0.3, -0.25) is 4.90 Å². The third kappa shape index (κ3) is 5.31. The maximum Gasteiger partial charge on any atom is 0.0218 e. The van der Waals surface area contributed by atoms with Crippen LogP contribution in [0, 0.1) is 0 Å². The number of unbranched alkanes of at least 4 members (excludes halogenated alkanes) is 5. The van der Waals surface area contributed by atoms with Crippen LogP contribution in [0.5, 0.6) is 0 Å². The zero-order valence-electron chi connectivity index (χ0n) is 11.3. The van der Waals surface area contributed by atoms with Crippen molar-refractivity contribution in [2.75, 3.05) is 26.2 Å². The molecule has 0 bridgehead atoms. The van der Waals surface area contributed by atoms with Crippen molar-refractivity contribution in [1.29, 1.82) is 0 Å². The Balaban J connectivity index is 2.02. The van der Waals surface area contributed by atoms with Gasteiger partial charge in [-0.25, -0.2) is 0 Å². The van der Waals surface area contributed by atoms with Crippen molar-refractivity contribution in [3.8, 4) is 0 Å². The minimum absolute atomic E-state index is 0.796. The highest BCUT2D eigenvalue weighted by molar-refractivity contribution is 4.78. The lowest BCUT2D eigenvalue weighted by molar-refractivity contribution is 0.154. The predicted molar refractivity (Wildman–Crippen MR) is 71.9 cm³/mol. The molecule has 1 aliphatic rings. The molecule has 0 aromatic rings. The van der Waals surface area contributed by atoms with Crippen LogP contribution in [0.4, 0.5) is 0 Å². The van der Waals surface area contributed by atoms with E-state index in [9.17, 15) is 0 Å². The van der Waals surface area contributed by atoms with Crippen LogP contribution in [-0.4, -0.2) is 37.1 Å². The van der Waals surface area contributed by atoms with Gasteiger partial charge in [0.05, 0.1) is 0 Å². The Hall–Kier alpha value is -0.0800. The van der Waals surface area contributed by atoms with E-state index in [1.807, 2.05) is 0 Å². The molecule has 1 unspecified atom stereocenters. The molecule has 96 valence electrons. The van der Waals surface area contributed by atoms with E-state index in [1.54, 1.807) is 0 Å².